The number of aromatic nitrogens is 3. The zero-order chi connectivity index (χ0) is 15.2. The molecule has 0 radical (unpaired) electrons. The third-order valence-corrected chi connectivity index (χ3v) is 3.67. The summed E-state index contributed by atoms with van der Waals surface area (Å²) >= 11 is 0. The maximum Gasteiger partial charge on any atom is 0.225 e. The van der Waals surface area contributed by atoms with Gasteiger partial charge in [0.15, 0.2) is 5.82 Å². The Morgan fingerprint density at radius 3 is 2.86 bits per heavy atom. The number of nitrogen functional groups attached to an aromatic ring is 1. The van der Waals surface area contributed by atoms with Gasteiger partial charge in [-0.15, -0.1) is 0 Å². The number of anilines is 1. The van der Waals surface area contributed by atoms with E-state index in [0.29, 0.717) is 5.52 Å². The first-order chi connectivity index (χ1) is 10.0. The molecule has 0 aliphatic carbocycles. The molecule has 0 saturated carbocycles. The number of ether oxygens (including phenoxy) is 1. The van der Waals surface area contributed by atoms with E-state index in [-0.39, 0.29) is 11.5 Å². The Morgan fingerprint density at radius 1 is 1.48 bits per heavy atom. The van der Waals surface area contributed by atoms with Crippen LogP contribution in [0.1, 0.15) is 5.69 Å². The predicted octanol–water partition coefficient (Wildman–Crippen LogP) is -1.86. The number of nitrogens with zero attached hydrogens (tertiary/aromatic N) is 4. The van der Waals surface area contributed by atoms with Crippen molar-refractivity contribution in [1.82, 2.24) is 14.6 Å². The zero-order valence-electron chi connectivity index (χ0n) is 10.8. The van der Waals surface area contributed by atoms with Crippen LogP contribution in [-0.2, 0) is 10.3 Å². The van der Waals surface area contributed by atoms with Crippen molar-refractivity contribution >= 4 is 11.3 Å². The lowest BCUT2D eigenvalue weighted by molar-refractivity contribution is -0.0643. The topological polar surface area (TPSA) is 150 Å². The SMILES string of the molecule is N#C[C@]1(c2ccc3c(N)ncnn23)O[C@@H](CO)[C@H](O)[C@@H]1O. The van der Waals surface area contributed by atoms with Crippen LogP contribution in [0, 0.1) is 11.3 Å². The molecule has 1 aliphatic rings. The molecular weight excluding hydrogens is 278 g/mol. The fourth-order valence-electron chi connectivity index (χ4n) is 2.56. The van der Waals surface area contributed by atoms with Crippen molar-refractivity contribution in [2.75, 3.05) is 12.3 Å². The number of aliphatic hydroxyl groups excluding tert-OH is 3. The van der Waals surface area contributed by atoms with Gasteiger partial charge in [0.2, 0.25) is 5.60 Å². The molecule has 1 saturated heterocycles. The number of rotatable bonds is 2. The van der Waals surface area contributed by atoms with Gasteiger partial charge in [-0.05, 0) is 12.1 Å². The second-order valence-corrected chi connectivity index (χ2v) is 4.78. The fraction of sp³-hybridized carbons (Fsp3) is 0.417. The zero-order valence-corrected chi connectivity index (χ0v) is 10.8. The largest absolute Gasteiger partial charge is 0.394 e. The van der Waals surface area contributed by atoms with Crippen LogP contribution in [0.2, 0.25) is 0 Å². The van der Waals surface area contributed by atoms with E-state index in [9.17, 15) is 20.6 Å². The van der Waals surface area contributed by atoms with Gasteiger partial charge in [-0.3, -0.25) is 0 Å². The minimum atomic E-state index is -1.85. The van der Waals surface area contributed by atoms with Crippen molar-refractivity contribution in [3.63, 3.8) is 0 Å². The van der Waals surface area contributed by atoms with Gasteiger partial charge in [0.05, 0.1) is 12.3 Å². The van der Waals surface area contributed by atoms with Gasteiger partial charge in [0.25, 0.3) is 0 Å². The van der Waals surface area contributed by atoms with Crippen LogP contribution < -0.4 is 5.73 Å². The van der Waals surface area contributed by atoms with Crippen LogP contribution in [0.5, 0.6) is 0 Å². The minimum absolute atomic E-state index is 0.205. The summed E-state index contributed by atoms with van der Waals surface area (Å²) in [6.07, 6.45) is -2.78. The molecule has 0 bridgehead atoms. The summed E-state index contributed by atoms with van der Waals surface area (Å²) in [5.74, 6) is 0.205. The molecule has 110 valence electrons. The summed E-state index contributed by atoms with van der Waals surface area (Å²) in [6, 6.07) is 4.97. The van der Waals surface area contributed by atoms with Gasteiger partial charge >= 0.3 is 0 Å². The Bertz CT molecular complexity index is 726. The quantitative estimate of drug-likeness (QED) is 0.503. The molecule has 1 aliphatic heterocycles. The van der Waals surface area contributed by atoms with Crippen LogP contribution in [0.25, 0.3) is 5.52 Å². The first kappa shape index (κ1) is 13.7. The van der Waals surface area contributed by atoms with Crippen molar-refractivity contribution in [2.45, 2.75) is 23.9 Å². The molecule has 2 aromatic heterocycles. The molecule has 0 amide bonds. The Kier molecular flexibility index (Phi) is 3.03. The molecular formula is C12H13N5O4. The van der Waals surface area contributed by atoms with Gasteiger partial charge in [0.1, 0.15) is 36.2 Å². The van der Waals surface area contributed by atoms with E-state index in [2.05, 4.69) is 10.1 Å². The Morgan fingerprint density at radius 2 is 2.24 bits per heavy atom. The lowest BCUT2D eigenvalue weighted by Crippen LogP contribution is -2.40. The summed E-state index contributed by atoms with van der Waals surface area (Å²) < 4.78 is 6.75. The average Bonchev–Trinajstić information content (AvgIpc) is 3.03. The Hall–Kier alpha value is -2.25. The van der Waals surface area contributed by atoms with E-state index in [1.54, 1.807) is 6.07 Å². The number of aliphatic hydroxyl groups is 3. The van der Waals surface area contributed by atoms with Gasteiger partial charge in [-0.2, -0.15) is 10.4 Å². The third-order valence-electron chi connectivity index (χ3n) is 3.67. The molecule has 4 atom stereocenters. The first-order valence-electron chi connectivity index (χ1n) is 6.20. The molecule has 0 aromatic carbocycles. The van der Waals surface area contributed by atoms with Crippen molar-refractivity contribution in [3.8, 4) is 6.07 Å². The highest BCUT2D eigenvalue weighted by Gasteiger charge is 2.57. The normalized spacial score (nSPS) is 32.4. The summed E-state index contributed by atoms with van der Waals surface area (Å²) in [7, 11) is 0. The monoisotopic (exact) mass is 291 g/mol. The van der Waals surface area contributed by atoms with Crippen molar-refractivity contribution in [1.29, 1.82) is 5.26 Å². The average molecular weight is 291 g/mol. The van der Waals surface area contributed by atoms with Crippen LogP contribution >= 0.6 is 0 Å². The number of fused-ring (bicyclic) bond motifs is 1. The van der Waals surface area contributed by atoms with E-state index in [1.807, 2.05) is 6.07 Å². The maximum absolute atomic E-state index is 10.2. The van der Waals surface area contributed by atoms with E-state index < -0.39 is 30.5 Å². The number of hydrogen-bond acceptors (Lipinski definition) is 8. The minimum Gasteiger partial charge on any atom is -0.394 e. The first-order valence-corrected chi connectivity index (χ1v) is 6.20. The summed E-state index contributed by atoms with van der Waals surface area (Å²) in [6.45, 7) is -0.526. The third kappa shape index (κ3) is 1.71. The number of nitriles is 1. The highest BCUT2D eigenvalue weighted by molar-refractivity contribution is 5.66. The second-order valence-electron chi connectivity index (χ2n) is 4.78. The second kappa shape index (κ2) is 4.64. The molecule has 9 heteroatoms. The highest BCUT2D eigenvalue weighted by atomic mass is 16.6. The molecule has 0 unspecified atom stereocenters. The van der Waals surface area contributed by atoms with Crippen molar-refractivity contribution < 1.29 is 20.1 Å². The van der Waals surface area contributed by atoms with E-state index in [4.69, 9.17) is 10.5 Å². The number of nitrogens with two attached hydrogens (primary N) is 1. The molecule has 0 spiro atoms. The molecule has 21 heavy (non-hydrogen) atoms. The Labute approximate surface area is 118 Å². The molecule has 9 nitrogen and oxygen atoms in total. The van der Waals surface area contributed by atoms with Gasteiger partial charge in [-0.25, -0.2) is 9.50 Å². The van der Waals surface area contributed by atoms with Crippen LogP contribution in [0.4, 0.5) is 5.82 Å². The molecule has 3 heterocycles. The van der Waals surface area contributed by atoms with E-state index >= 15 is 0 Å². The summed E-state index contributed by atoms with van der Waals surface area (Å²) in [5, 5.41) is 42.8. The van der Waals surface area contributed by atoms with Gasteiger partial charge in [-0.1, -0.05) is 0 Å². The maximum atomic E-state index is 10.2. The van der Waals surface area contributed by atoms with Crippen LogP contribution in [0.15, 0.2) is 18.5 Å². The number of hydrogen-bond donors (Lipinski definition) is 4. The fourth-order valence-corrected chi connectivity index (χ4v) is 2.56. The van der Waals surface area contributed by atoms with E-state index in [0.717, 1.165) is 0 Å². The van der Waals surface area contributed by atoms with Crippen LogP contribution in [0.3, 0.4) is 0 Å². The van der Waals surface area contributed by atoms with Crippen molar-refractivity contribution in [3.05, 3.63) is 24.2 Å². The van der Waals surface area contributed by atoms with Crippen LogP contribution in [-0.4, -0.2) is 54.8 Å². The Balaban J connectivity index is 2.20. The van der Waals surface area contributed by atoms with Gasteiger partial charge in [0, 0.05) is 0 Å². The smallest absolute Gasteiger partial charge is 0.225 e. The molecule has 3 rings (SSSR count). The lowest BCUT2D eigenvalue weighted by Gasteiger charge is -2.24. The summed E-state index contributed by atoms with van der Waals surface area (Å²) in [4.78, 5) is 3.83. The molecule has 1 fully saturated rings. The predicted molar refractivity (Wildman–Crippen MR) is 68.7 cm³/mol. The molecule has 2 aromatic rings. The van der Waals surface area contributed by atoms with Gasteiger partial charge < -0.3 is 25.8 Å². The highest BCUT2D eigenvalue weighted by Crippen LogP contribution is 2.40. The van der Waals surface area contributed by atoms with Crippen molar-refractivity contribution in [2.24, 2.45) is 0 Å². The summed E-state index contributed by atoms with van der Waals surface area (Å²) in [5.41, 5.74) is 4.52. The molecule has 5 N–H and O–H groups in total. The standard InChI is InChI=1S/C12H13N5O4/c13-4-12(10(20)9(19)7(3-18)21-12)8-2-1-6-11(14)15-5-16-17(6)8/h1-2,5,7,9-10,18-20H,3H2,(H2,14,15,16)/t7-,9-,10-,12+/m0/s1. The van der Waals surface area contributed by atoms with E-state index in [1.165, 1.54) is 16.9 Å². The lowest BCUT2D eigenvalue weighted by atomic mass is 9.92.